The summed E-state index contributed by atoms with van der Waals surface area (Å²) < 4.78 is 8.01. The molecule has 0 atom stereocenters. The standard InChI is InChI=1S/C26H32N6O/c1-30-13-15-31(16-14-30)21-9-11-22(12-10-21)32-18-20(24-25(27)28-19-29-26(24)32)6-5-17-33-23-7-3-2-4-8-23/h2-4,7-8,18-19,21-22H,9-17H2,1H3,(H2,27,28,29)/t21-,22+. The van der Waals surface area contributed by atoms with E-state index in [1.165, 1.54) is 39.0 Å². The first kappa shape index (κ1) is 21.7. The van der Waals surface area contributed by atoms with Crippen LogP contribution < -0.4 is 10.5 Å². The molecular formula is C26H32N6O. The van der Waals surface area contributed by atoms with Gasteiger partial charge in [0.2, 0.25) is 0 Å². The third-order valence-electron chi connectivity index (χ3n) is 7.03. The van der Waals surface area contributed by atoms with Gasteiger partial charge in [0.05, 0.1) is 10.9 Å². The van der Waals surface area contributed by atoms with E-state index in [0.717, 1.165) is 35.2 Å². The number of fused-ring (bicyclic) bond motifs is 1. The Morgan fingerprint density at radius 1 is 1.00 bits per heavy atom. The number of likely N-dealkylation sites (N-methyl/N-ethyl adjacent to an activating group) is 1. The zero-order valence-corrected chi connectivity index (χ0v) is 19.3. The fourth-order valence-electron chi connectivity index (χ4n) is 5.14. The average molecular weight is 445 g/mol. The van der Waals surface area contributed by atoms with E-state index in [0.29, 0.717) is 24.5 Å². The van der Waals surface area contributed by atoms with Crippen LogP contribution in [-0.4, -0.2) is 70.2 Å². The number of hydrogen-bond acceptors (Lipinski definition) is 6. The molecule has 2 fully saturated rings. The number of nitrogen functional groups attached to an aromatic ring is 1. The fourth-order valence-corrected chi connectivity index (χ4v) is 5.14. The van der Waals surface area contributed by atoms with Crippen molar-refractivity contribution in [1.29, 1.82) is 0 Å². The Balaban J connectivity index is 1.30. The SMILES string of the molecule is CN1CCN([C@H]2CC[C@@H](n3cc(C#CCOc4ccccc4)c4c(N)ncnc43)CC2)CC1. The van der Waals surface area contributed by atoms with E-state index in [1.807, 2.05) is 30.3 Å². The zero-order chi connectivity index (χ0) is 22.6. The zero-order valence-electron chi connectivity index (χ0n) is 19.3. The number of nitrogens with two attached hydrogens (primary N) is 1. The highest BCUT2D eigenvalue weighted by atomic mass is 16.5. The Hall–Kier alpha value is -3.08. The predicted molar refractivity (Wildman–Crippen MR) is 131 cm³/mol. The van der Waals surface area contributed by atoms with Crippen LogP contribution in [0.3, 0.4) is 0 Å². The number of hydrogen-bond donors (Lipinski definition) is 1. The largest absolute Gasteiger partial charge is 0.481 e. The molecule has 3 heterocycles. The highest BCUT2D eigenvalue weighted by Crippen LogP contribution is 2.35. The third kappa shape index (κ3) is 4.82. The van der Waals surface area contributed by atoms with Crippen molar-refractivity contribution in [2.75, 3.05) is 45.6 Å². The first-order valence-corrected chi connectivity index (χ1v) is 11.9. The van der Waals surface area contributed by atoms with Crippen LogP contribution in [0.5, 0.6) is 5.75 Å². The summed E-state index contributed by atoms with van der Waals surface area (Å²) in [6, 6.07) is 10.8. The molecule has 3 aromatic rings. The van der Waals surface area contributed by atoms with Gasteiger partial charge in [-0.05, 0) is 44.9 Å². The van der Waals surface area contributed by atoms with Crippen molar-refractivity contribution >= 4 is 16.9 Å². The van der Waals surface area contributed by atoms with Gasteiger partial charge in [0.25, 0.3) is 0 Å². The van der Waals surface area contributed by atoms with Gasteiger partial charge >= 0.3 is 0 Å². The Morgan fingerprint density at radius 2 is 1.73 bits per heavy atom. The Bertz CT molecular complexity index is 1130. The van der Waals surface area contributed by atoms with E-state index < -0.39 is 0 Å². The number of anilines is 1. The predicted octanol–water partition coefficient (Wildman–Crippen LogP) is 3.18. The highest BCUT2D eigenvalue weighted by molar-refractivity contribution is 5.92. The summed E-state index contributed by atoms with van der Waals surface area (Å²) in [6.07, 6.45) is 8.41. The third-order valence-corrected chi connectivity index (χ3v) is 7.03. The van der Waals surface area contributed by atoms with Crippen LogP contribution in [0.4, 0.5) is 5.82 Å². The lowest BCUT2D eigenvalue weighted by atomic mass is 9.89. The molecule has 172 valence electrons. The van der Waals surface area contributed by atoms with Crippen LogP contribution >= 0.6 is 0 Å². The van der Waals surface area contributed by atoms with Crippen molar-refractivity contribution in [3.63, 3.8) is 0 Å². The van der Waals surface area contributed by atoms with Gasteiger partial charge in [-0.3, -0.25) is 4.90 Å². The van der Waals surface area contributed by atoms with Gasteiger partial charge in [0.1, 0.15) is 30.1 Å². The van der Waals surface area contributed by atoms with Gasteiger partial charge in [0, 0.05) is 44.5 Å². The second-order valence-corrected chi connectivity index (χ2v) is 9.11. The second-order valence-electron chi connectivity index (χ2n) is 9.11. The topological polar surface area (TPSA) is 72.4 Å². The van der Waals surface area contributed by atoms with Crippen LogP contribution in [0.1, 0.15) is 37.3 Å². The van der Waals surface area contributed by atoms with Gasteiger partial charge in [-0.1, -0.05) is 30.0 Å². The number of ether oxygens (including phenoxy) is 1. The number of aromatic nitrogens is 3. The van der Waals surface area contributed by atoms with E-state index in [-0.39, 0.29) is 0 Å². The summed E-state index contributed by atoms with van der Waals surface area (Å²) in [6.45, 7) is 5.04. The Labute approximate surface area is 195 Å². The quantitative estimate of drug-likeness (QED) is 0.623. The summed E-state index contributed by atoms with van der Waals surface area (Å²) in [5.41, 5.74) is 8.02. The summed E-state index contributed by atoms with van der Waals surface area (Å²) in [5, 5.41) is 0.853. The Kier molecular flexibility index (Phi) is 6.47. The Morgan fingerprint density at radius 3 is 2.48 bits per heavy atom. The van der Waals surface area contributed by atoms with Gasteiger partial charge in [0.15, 0.2) is 0 Å². The smallest absolute Gasteiger partial charge is 0.149 e. The molecule has 1 saturated carbocycles. The van der Waals surface area contributed by atoms with Crippen LogP contribution in [0, 0.1) is 11.8 Å². The summed E-state index contributed by atoms with van der Waals surface area (Å²) in [4.78, 5) is 13.9. The number of piperazine rings is 1. The van der Waals surface area contributed by atoms with E-state index in [2.05, 4.69) is 49.4 Å². The average Bonchev–Trinajstić information content (AvgIpc) is 3.23. The minimum absolute atomic E-state index is 0.320. The van der Waals surface area contributed by atoms with Crippen molar-refractivity contribution < 1.29 is 4.74 Å². The summed E-state index contributed by atoms with van der Waals surface area (Å²) in [5.74, 6) is 7.68. The lowest BCUT2D eigenvalue weighted by Gasteiger charge is -2.41. The van der Waals surface area contributed by atoms with Crippen molar-refractivity contribution in [2.45, 2.75) is 37.8 Å². The van der Waals surface area contributed by atoms with Gasteiger partial charge in [-0.15, -0.1) is 0 Å². The molecule has 1 aliphatic carbocycles. The van der Waals surface area contributed by atoms with E-state index in [9.17, 15) is 0 Å². The maximum atomic E-state index is 6.25. The van der Waals surface area contributed by atoms with Gasteiger partial charge in [-0.2, -0.15) is 0 Å². The summed E-state index contributed by atoms with van der Waals surface area (Å²) in [7, 11) is 2.22. The maximum Gasteiger partial charge on any atom is 0.149 e. The minimum atomic E-state index is 0.320. The monoisotopic (exact) mass is 444 g/mol. The number of benzene rings is 1. The highest BCUT2D eigenvalue weighted by Gasteiger charge is 2.29. The van der Waals surface area contributed by atoms with Crippen LogP contribution in [0.15, 0.2) is 42.9 Å². The van der Waals surface area contributed by atoms with Crippen LogP contribution in [0.2, 0.25) is 0 Å². The van der Waals surface area contributed by atoms with Crippen molar-refractivity contribution in [2.24, 2.45) is 0 Å². The molecule has 0 unspecified atom stereocenters. The lowest BCUT2D eigenvalue weighted by Crippen LogP contribution is -2.49. The van der Waals surface area contributed by atoms with Gasteiger partial charge < -0.3 is 19.9 Å². The molecule has 5 rings (SSSR count). The van der Waals surface area contributed by atoms with Crippen molar-refractivity contribution in [3.8, 4) is 17.6 Å². The first-order chi connectivity index (χ1) is 16.2. The molecule has 2 N–H and O–H groups in total. The van der Waals surface area contributed by atoms with Crippen molar-refractivity contribution in [3.05, 3.63) is 48.4 Å². The molecule has 0 amide bonds. The van der Waals surface area contributed by atoms with E-state index >= 15 is 0 Å². The molecule has 1 saturated heterocycles. The normalized spacial score (nSPS) is 22.1. The molecule has 2 aliphatic rings. The number of nitrogens with zero attached hydrogens (tertiary/aromatic N) is 5. The number of para-hydroxylation sites is 1. The first-order valence-electron chi connectivity index (χ1n) is 11.9. The second kappa shape index (κ2) is 9.82. The molecule has 0 spiro atoms. The van der Waals surface area contributed by atoms with Crippen LogP contribution in [-0.2, 0) is 0 Å². The molecule has 0 radical (unpaired) electrons. The lowest BCUT2D eigenvalue weighted by molar-refractivity contribution is 0.0827. The minimum Gasteiger partial charge on any atom is -0.481 e. The molecular weight excluding hydrogens is 412 g/mol. The molecule has 1 aliphatic heterocycles. The van der Waals surface area contributed by atoms with Crippen molar-refractivity contribution in [1.82, 2.24) is 24.3 Å². The number of rotatable bonds is 4. The molecule has 7 nitrogen and oxygen atoms in total. The maximum absolute atomic E-state index is 6.25. The summed E-state index contributed by atoms with van der Waals surface area (Å²) >= 11 is 0. The molecule has 7 heteroatoms. The van der Waals surface area contributed by atoms with E-state index in [4.69, 9.17) is 10.5 Å². The fraction of sp³-hybridized carbons (Fsp3) is 0.462. The molecule has 1 aromatic carbocycles. The van der Waals surface area contributed by atoms with E-state index in [1.54, 1.807) is 6.33 Å². The molecule has 33 heavy (non-hydrogen) atoms. The molecule has 2 aromatic heterocycles. The van der Waals surface area contributed by atoms with Gasteiger partial charge in [-0.25, -0.2) is 9.97 Å². The molecule has 0 bridgehead atoms. The van der Waals surface area contributed by atoms with Crippen LogP contribution in [0.25, 0.3) is 11.0 Å².